The predicted octanol–water partition coefficient (Wildman–Crippen LogP) is 0.270. The van der Waals surface area contributed by atoms with E-state index in [1.54, 1.807) is 4.90 Å². The van der Waals surface area contributed by atoms with Crippen LogP contribution >= 0.6 is 12.2 Å². The molecule has 0 aromatic carbocycles. The van der Waals surface area contributed by atoms with E-state index in [4.69, 9.17) is 12.2 Å². The highest BCUT2D eigenvalue weighted by molar-refractivity contribution is 7.80. The zero-order valence-electron chi connectivity index (χ0n) is 11.5. The van der Waals surface area contributed by atoms with Crippen molar-refractivity contribution >= 4 is 17.3 Å². The van der Waals surface area contributed by atoms with E-state index in [2.05, 4.69) is 17.1 Å². The van der Waals surface area contributed by atoms with Crippen LogP contribution in [0.2, 0.25) is 0 Å². The molecule has 18 heavy (non-hydrogen) atoms. The van der Waals surface area contributed by atoms with Crippen molar-refractivity contribution < 1.29 is 4.90 Å². The van der Waals surface area contributed by atoms with Crippen molar-refractivity contribution in [3.05, 3.63) is 0 Å². The van der Waals surface area contributed by atoms with Gasteiger partial charge < -0.3 is 15.1 Å². The van der Waals surface area contributed by atoms with Crippen LogP contribution in [0.5, 0.6) is 0 Å². The summed E-state index contributed by atoms with van der Waals surface area (Å²) < 4.78 is 0. The minimum Gasteiger partial charge on any atom is -0.360 e. The number of hydrogen-bond acceptors (Lipinski definition) is 1. The molecular weight excluding hydrogens is 242 g/mol. The van der Waals surface area contributed by atoms with Crippen molar-refractivity contribution in [3.63, 3.8) is 0 Å². The van der Waals surface area contributed by atoms with E-state index in [1.807, 2.05) is 0 Å². The number of fused-ring (bicyclic) bond motifs is 2. The van der Waals surface area contributed by atoms with Gasteiger partial charge in [0, 0.05) is 6.04 Å². The highest BCUT2D eigenvalue weighted by Crippen LogP contribution is 2.44. The first kappa shape index (κ1) is 12.7. The maximum absolute atomic E-state index is 5.61. The van der Waals surface area contributed by atoms with Gasteiger partial charge in [-0.3, -0.25) is 0 Å². The Kier molecular flexibility index (Phi) is 3.76. The highest BCUT2D eigenvalue weighted by Gasteiger charge is 2.40. The average molecular weight is 268 g/mol. The van der Waals surface area contributed by atoms with E-state index in [1.165, 1.54) is 45.3 Å². The number of quaternary nitrogens is 1. The summed E-state index contributed by atoms with van der Waals surface area (Å²) in [4.78, 5) is 4.11. The second-order valence-corrected chi connectivity index (χ2v) is 6.71. The molecule has 3 aliphatic rings. The standard InChI is InChI=1S/C14H25N3S/c1-2-16-5-7-17(8-6-16)14(18)15-13-10-11-3-4-12(13)9-11/h11-13H,2-10H2,1H3,(H,15,18)/p+1/t11-,12+,13-/m0/s1. The molecule has 3 rings (SSSR count). The fourth-order valence-corrected chi connectivity index (χ4v) is 4.38. The number of rotatable bonds is 2. The third kappa shape index (κ3) is 2.50. The maximum Gasteiger partial charge on any atom is 0.169 e. The molecule has 3 nitrogen and oxygen atoms in total. The third-order valence-electron chi connectivity index (χ3n) is 5.30. The molecule has 102 valence electrons. The third-order valence-corrected chi connectivity index (χ3v) is 5.68. The predicted molar refractivity (Wildman–Crippen MR) is 77.8 cm³/mol. The summed E-state index contributed by atoms with van der Waals surface area (Å²) in [6.07, 6.45) is 5.71. The van der Waals surface area contributed by atoms with E-state index in [9.17, 15) is 0 Å². The van der Waals surface area contributed by atoms with Crippen LogP contribution in [0.4, 0.5) is 0 Å². The van der Waals surface area contributed by atoms with Gasteiger partial charge in [-0.15, -0.1) is 0 Å². The van der Waals surface area contributed by atoms with Crippen LogP contribution in [0.15, 0.2) is 0 Å². The molecule has 1 saturated heterocycles. The van der Waals surface area contributed by atoms with E-state index >= 15 is 0 Å². The molecule has 0 aromatic heterocycles. The summed E-state index contributed by atoms with van der Waals surface area (Å²) in [6.45, 7) is 8.28. The van der Waals surface area contributed by atoms with Gasteiger partial charge in [0.2, 0.25) is 0 Å². The molecule has 2 N–H and O–H groups in total. The number of thiocarbonyl (C=S) groups is 1. The lowest BCUT2D eigenvalue weighted by Crippen LogP contribution is -3.14. The molecule has 2 aliphatic carbocycles. The minimum absolute atomic E-state index is 0.688. The normalized spacial score (nSPS) is 36.1. The Morgan fingerprint density at radius 1 is 1.28 bits per heavy atom. The van der Waals surface area contributed by atoms with Crippen LogP contribution in [-0.2, 0) is 0 Å². The Balaban J connectivity index is 1.47. The van der Waals surface area contributed by atoms with Gasteiger partial charge in [-0.25, -0.2) is 0 Å². The molecule has 1 heterocycles. The van der Waals surface area contributed by atoms with Crippen molar-refractivity contribution in [1.29, 1.82) is 0 Å². The van der Waals surface area contributed by atoms with Crippen LogP contribution in [0.25, 0.3) is 0 Å². The van der Waals surface area contributed by atoms with Crippen LogP contribution in [0.3, 0.4) is 0 Å². The fraction of sp³-hybridized carbons (Fsp3) is 0.929. The zero-order valence-corrected chi connectivity index (χ0v) is 12.3. The Hall–Kier alpha value is -0.350. The largest absolute Gasteiger partial charge is 0.360 e. The average Bonchev–Trinajstić information content (AvgIpc) is 3.01. The number of nitrogens with one attached hydrogen (secondary N) is 2. The summed E-state index contributed by atoms with van der Waals surface area (Å²) in [7, 11) is 0. The van der Waals surface area contributed by atoms with E-state index < -0.39 is 0 Å². The minimum atomic E-state index is 0.688. The van der Waals surface area contributed by atoms with Crippen LogP contribution < -0.4 is 10.2 Å². The number of nitrogens with zero attached hydrogens (tertiary/aromatic N) is 1. The second-order valence-electron chi connectivity index (χ2n) is 6.32. The first-order valence-electron chi connectivity index (χ1n) is 7.65. The molecule has 1 aliphatic heterocycles. The molecule has 2 saturated carbocycles. The van der Waals surface area contributed by atoms with Gasteiger partial charge in [-0.05, 0) is 50.2 Å². The Labute approximate surface area is 116 Å². The Morgan fingerprint density at radius 3 is 2.61 bits per heavy atom. The monoisotopic (exact) mass is 268 g/mol. The van der Waals surface area contributed by atoms with Crippen LogP contribution in [-0.4, -0.2) is 48.8 Å². The van der Waals surface area contributed by atoms with Crippen LogP contribution in [0.1, 0.15) is 32.6 Å². The molecular formula is C14H26N3S+. The van der Waals surface area contributed by atoms with E-state index in [-0.39, 0.29) is 0 Å². The number of piperazine rings is 1. The van der Waals surface area contributed by atoms with Crippen LogP contribution in [0, 0.1) is 11.8 Å². The maximum atomic E-state index is 5.61. The summed E-state index contributed by atoms with van der Waals surface area (Å²) in [5.41, 5.74) is 0. The summed E-state index contributed by atoms with van der Waals surface area (Å²) in [5, 5.41) is 4.69. The van der Waals surface area contributed by atoms with Gasteiger partial charge in [0.15, 0.2) is 5.11 Å². The molecule has 3 atom stereocenters. The molecule has 2 bridgehead atoms. The van der Waals surface area contributed by atoms with E-state index in [0.717, 1.165) is 30.0 Å². The smallest absolute Gasteiger partial charge is 0.169 e. The first-order chi connectivity index (χ1) is 8.76. The van der Waals surface area contributed by atoms with Crippen molar-refractivity contribution in [2.75, 3.05) is 32.7 Å². The van der Waals surface area contributed by atoms with E-state index in [0.29, 0.717) is 6.04 Å². The summed E-state index contributed by atoms with van der Waals surface area (Å²) >= 11 is 5.61. The van der Waals surface area contributed by atoms with Crippen molar-refractivity contribution in [2.45, 2.75) is 38.6 Å². The Morgan fingerprint density at radius 2 is 2.06 bits per heavy atom. The van der Waals surface area contributed by atoms with Crippen molar-refractivity contribution in [2.24, 2.45) is 11.8 Å². The molecule has 0 amide bonds. The first-order valence-corrected chi connectivity index (χ1v) is 8.06. The molecule has 4 heteroatoms. The van der Waals surface area contributed by atoms with Gasteiger partial charge in [0.1, 0.15) is 0 Å². The zero-order chi connectivity index (χ0) is 12.5. The highest BCUT2D eigenvalue weighted by atomic mass is 32.1. The lowest BCUT2D eigenvalue weighted by Gasteiger charge is -2.35. The fourth-order valence-electron chi connectivity index (χ4n) is 4.05. The topological polar surface area (TPSA) is 19.7 Å². The summed E-state index contributed by atoms with van der Waals surface area (Å²) in [5.74, 6) is 1.91. The summed E-state index contributed by atoms with van der Waals surface area (Å²) in [6, 6.07) is 0.688. The lowest BCUT2D eigenvalue weighted by molar-refractivity contribution is -0.902. The lowest BCUT2D eigenvalue weighted by atomic mass is 9.95. The Bertz CT molecular complexity index is 312. The second kappa shape index (κ2) is 5.33. The number of hydrogen-bond donors (Lipinski definition) is 2. The van der Waals surface area contributed by atoms with Crippen molar-refractivity contribution in [1.82, 2.24) is 10.2 Å². The quantitative estimate of drug-likeness (QED) is 0.702. The van der Waals surface area contributed by atoms with Crippen molar-refractivity contribution in [3.8, 4) is 0 Å². The van der Waals surface area contributed by atoms with Gasteiger partial charge in [-0.2, -0.15) is 0 Å². The molecule has 0 aromatic rings. The molecule has 0 radical (unpaired) electrons. The van der Waals surface area contributed by atoms with Gasteiger partial charge in [-0.1, -0.05) is 6.42 Å². The van der Waals surface area contributed by atoms with Gasteiger partial charge in [0.05, 0.1) is 32.7 Å². The molecule has 0 spiro atoms. The van der Waals surface area contributed by atoms with Gasteiger partial charge in [0.25, 0.3) is 0 Å². The number of likely N-dealkylation sites (N-methyl/N-ethyl adjacent to an activating group) is 1. The SMILES string of the molecule is CC[NH+]1CCN(C(=S)N[C@H]2C[C@H]3CC[C@@H]2C3)CC1. The molecule has 0 unspecified atom stereocenters. The molecule has 3 fully saturated rings. The van der Waals surface area contributed by atoms with Gasteiger partial charge >= 0.3 is 0 Å².